The molecule has 0 aliphatic heterocycles. The lowest BCUT2D eigenvalue weighted by molar-refractivity contribution is -0.120. The number of hydrogen-bond donors (Lipinski definition) is 2. The Morgan fingerprint density at radius 2 is 1.80 bits per heavy atom. The van der Waals surface area contributed by atoms with Gasteiger partial charge in [0.05, 0.1) is 6.54 Å². The molecule has 0 aliphatic carbocycles. The lowest BCUT2D eigenvalue weighted by Crippen LogP contribution is -2.43. The summed E-state index contributed by atoms with van der Waals surface area (Å²) in [6.07, 6.45) is 0. The van der Waals surface area contributed by atoms with E-state index in [0.717, 1.165) is 5.69 Å². The first-order valence-electron chi connectivity index (χ1n) is 5.07. The molecular formula is C12H18N2O. The number of nitrogens with one attached hydrogen (secondary N) is 2. The Labute approximate surface area is 90.9 Å². The number of benzene rings is 1. The van der Waals surface area contributed by atoms with Gasteiger partial charge in [-0.3, -0.25) is 4.79 Å². The fourth-order valence-corrected chi connectivity index (χ4v) is 1.20. The van der Waals surface area contributed by atoms with Crippen LogP contribution in [0.1, 0.15) is 20.8 Å². The first-order chi connectivity index (χ1) is 6.97. The van der Waals surface area contributed by atoms with Gasteiger partial charge in [-0.15, -0.1) is 0 Å². The predicted molar refractivity (Wildman–Crippen MR) is 62.8 cm³/mol. The van der Waals surface area contributed by atoms with Crippen LogP contribution in [0, 0.1) is 0 Å². The fraction of sp³-hybridized carbons (Fsp3) is 0.417. The van der Waals surface area contributed by atoms with Gasteiger partial charge in [-0.05, 0) is 32.9 Å². The predicted octanol–water partition coefficient (Wildman–Crippen LogP) is 2.01. The summed E-state index contributed by atoms with van der Waals surface area (Å²) in [6.45, 7) is 6.20. The smallest absolute Gasteiger partial charge is 0.239 e. The van der Waals surface area contributed by atoms with Gasteiger partial charge in [-0.25, -0.2) is 0 Å². The van der Waals surface area contributed by atoms with Crippen LogP contribution in [0.5, 0.6) is 0 Å². The van der Waals surface area contributed by atoms with E-state index < -0.39 is 0 Å². The Bertz CT molecular complexity index is 314. The van der Waals surface area contributed by atoms with E-state index >= 15 is 0 Å². The normalized spacial score (nSPS) is 10.9. The molecule has 0 atom stereocenters. The van der Waals surface area contributed by atoms with Crippen LogP contribution in [-0.2, 0) is 4.79 Å². The SMILES string of the molecule is CC(C)(C)NC(=O)CNc1ccccc1. The third-order valence-electron chi connectivity index (χ3n) is 1.74. The average molecular weight is 206 g/mol. The van der Waals surface area contributed by atoms with Gasteiger partial charge in [0.25, 0.3) is 0 Å². The molecule has 3 nitrogen and oxygen atoms in total. The van der Waals surface area contributed by atoms with Gasteiger partial charge in [-0.1, -0.05) is 18.2 Å². The molecular weight excluding hydrogens is 188 g/mol. The molecule has 0 aliphatic rings. The van der Waals surface area contributed by atoms with Crippen LogP contribution in [0.4, 0.5) is 5.69 Å². The third kappa shape index (κ3) is 5.05. The maximum absolute atomic E-state index is 11.5. The summed E-state index contributed by atoms with van der Waals surface area (Å²) < 4.78 is 0. The standard InChI is InChI=1S/C12H18N2O/c1-12(2,3)14-11(15)9-13-10-7-5-4-6-8-10/h4-8,13H,9H2,1-3H3,(H,14,15). The topological polar surface area (TPSA) is 41.1 Å². The highest BCUT2D eigenvalue weighted by molar-refractivity contribution is 5.81. The van der Waals surface area contributed by atoms with E-state index in [9.17, 15) is 4.79 Å². The lowest BCUT2D eigenvalue weighted by atomic mass is 10.1. The minimum atomic E-state index is -0.171. The van der Waals surface area contributed by atoms with Crippen molar-refractivity contribution >= 4 is 11.6 Å². The number of hydrogen-bond acceptors (Lipinski definition) is 2. The van der Waals surface area contributed by atoms with Gasteiger partial charge in [-0.2, -0.15) is 0 Å². The van der Waals surface area contributed by atoms with Gasteiger partial charge in [0.2, 0.25) is 5.91 Å². The third-order valence-corrected chi connectivity index (χ3v) is 1.74. The molecule has 1 rings (SSSR count). The van der Waals surface area contributed by atoms with E-state index in [1.165, 1.54) is 0 Å². The van der Waals surface area contributed by atoms with Crippen molar-refractivity contribution in [2.24, 2.45) is 0 Å². The zero-order chi connectivity index (χ0) is 11.3. The fourth-order valence-electron chi connectivity index (χ4n) is 1.20. The number of rotatable bonds is 3. The Hall–Kier alpha value is -1.51. The summed E-state index contributed by atoms with van der Waals surface area (Å²) in [5, 5.41) is 5.94. The highest BCUT2D eigenvalue weighted by Gasteiger charge is 2.12. The van der Waals surface area contributed by atoms with E-state index in [-0.39, 0.29) is 11.4 Å². The van der Waals surface area contributed by atoms with E-state index in [1.807, 2.05) is 51.1 Å². The maximum Gasteiger partial charge on any atom is 0.239 e. The molecule has 0 heterocycles. The van der Waals surface area contributed by atoms with Crippen LogP contribution in [0.3, 0.4) is 0 Å². The van der Waals surface area contributed by atoms with Gasteiger partial charge in [0.15, 0.2) is 0 Å². The van der Waals surface area contributed by atoms with Crippen molar-refractivity contribution in [2.75, 3.05) is 11.9 Å². The molecule has 0 fully saturated rings. The van der Waals surface area contributed by atoms with E-state index in [4.69, 9.17) is 0 Å². The molecule has 0 radical (unpaired) electrons. The first-order valence-corrected chi connectivity index (χ1v) is 5.07. The molecule has 0 unspecified atom stereocenters. The maximum atomic E-state index is 11.5. The molecule has 0 saturated carbocycles. The highest BCUT2D eigenvalue weighted by atomic mass is 16.2. The second-order valence-corrected chi connectivity index (χ2v) is 4.52. The zero-order valence-electron chi connectivity index (χ0n) is 9.50. The monoisotopic (exact) mass is 206 g/mol. The molecule has 2 N–H and O–H groups in total. The molecule has 0 saturated heterocycles. The largest absolute Gasteiger partial charge is 0.376 e. The summed E-state index contributed by atoms with van der Waals surface area (Å²) in [6, 6.07) is 9.68. The minimum absolute atomic E-state index is 0.00588. The van der Waals surface area contributed by atoms with Crippen molar-refractivity contribution in [1.82, 2.24) is 5.32 Å². The molecule has 0 spiro atoms. The van der Waals surface area contributed by atoms with Crippen LogP contribution in [0.25, 0.3) is 0 Å². The Balaban J connectivity index is 2.35. The molecule has 1 amide bonds. The summed E-state index contributed by atoms with van der Waals surface area (Å²) in [5.41, 5.74) is 0.789. The summed E-state index contributed by atoms with van der Waals surface area (Å²) in [4.78, 5) is 11.5. The van der Waals surface area contributed by atoms with Gasteiger partial charge in [0, 0.05) is 11.2 Å². The lowest BCUT2D eigenvalue weighted by Gasteiger charge is -2.20. The van der Waals surface area contributed by atoms with Crippen molar-refractivity contribution in [3.63, 3.8) is 0 Å². The van der Waals surface area contributed by atoms with E-state index in [2.05, 4.69) is 10.6 Å². The van der Waals surface area contributed by atoms with Crippen LogP contribution in [0.2, 0.25) is 0 Å². The Kier molecular flexibility index (Phi) is 3.72. The molecule has 15 heavy (non-hydrogen) atoms. The van der Waals surface area contributed by atoms with Crippen LogP contribution in [-0.4, -0.2) is 18.0 Å². The van der Waals surface area contributed by atoms with E-state index in [0.29, 0.717) is 6.54 Å². The van der Waals surface area contributed by atoms with Crippen molar-refractivity contribution in [2.45, 2.75) is 26.3 Å². The van der Waals surface area contributed by atoms with Crippen molar-refractivity contribution in [1.29, 1.82) is 0 Å². The van der Waals surface area contributed by atoms with E-state index in [1.54, 1.807) is 0 Å². The first kappa shape index (κ1) is 11.6. The van der Waals surface area contributed by atoms with Crippen molar-refractivity contribution in [3.05, 3.63) is 30.3 Å². The number of amides is 1. The molecule has 82 valence electrons. The molecule has 0 bridgehead atoms. The molecule has 3 heteroatoms. The van der Waals surface area contributed by atoms with Gasteiger partial charge in [0.1, 0.15) is 0 Å². The van der Waals surface area contributed by atoms with Crippen LogP contribution < -0.4 is 10.6 Å². The summed E-state index contributed by atoms with van der Waals surface area (Å²) >= 11 is 0. The summed E-state index contributed by atoms with van der Waals surface area (Å²) in [7, 11) is 0. The zero-order valence-corrected chi connectivity index (χ0v) is 9.50. The van der Waals surface area contributed by atoms with Crippen molar-refractivity contribution in [3.8, 4) is 0 Å². The second kappa shape index (κ2) is 4.82. The highest BCUT2D eigenvalue weighted by Crippen LogP contribution is 2.04. The quantitative estimate of drug-likeness (QED) is 0.794. The van der Waals surface area contributed by atoms with Gasteiger partial charge >= 0.3 is 0 Å². The number of anilines is 1. The summed E-state index contributed by atoms with van der Waals surface area (Å²) in [5.74, 6) is 0.00588. The average Bonchev–Trinajstić information content (AvgIpc) is 2.14. The minimum Gasteiger partial charge on any atom is -0.376 e. The van der Waals surface area contributed by atoms with Crippen LogP contribution >= 0.6 is 0 Å². The Morgan fingerprint density at radius 1 is 1.20 bits per heavy atom. The number of para-hydroxylation sites is 1. The number of carbonyl (C=O) groups is 1. The van der Waals surface area contributed by atoms with Crippen molar-refractivity contribution < 1.29 is 4.79 Å². The Morgan fingerprint density at radius 3 is 2.33 bits per heavy atom. The van der Waals surface area contributed by atoms with Gasteiger partial charge < -0.3 is 10.6 Å². The molecule has 1 aromatic rings. The molecule has 0 aromatic heterocycles. The molecule has 1 aromatic carbocycles. The second-order valence-electron chi connectivity index (χ2n) is 4.52. The number of carbonyl (C=O) groups excluding carboxylic acids is 1. The van der Waals surface area contributed by atoms with Crippen LogP contribution in [0.15, 0.2) is 30.3 Å².